The second-order valence-corrected chi connectivity index (χ2v) is 15.0. The number of rotatable bonds is 7. The van der Waals surface area contributed by atoms with Gasteiger partial charge >= 0.3 is 12.1 Å². The average molecular weight is 698 g/mol. The Labute approximate surface area is 289 Å². The Morgan fingerprint density at radius 1 is 1.16 bits per heavy atom. The van der Waals surface area contributed by atoms with E-state index in [1.165, 1.54) is 9.70 Å². The monoisotopic (exact) mass is 697 g/mol. The first-order chi connectivity index (χ1) is 23.3. The smallest absolute Gasteiger partial charge is 0.408 e. The van der Waals surface area contributed by atoms with Gasteiger partial charge in [-0.25, -0.2) is 9.59 Å². The molecule has 1 aromatic heterocycles. The number of ether oxygens (including phenoxy) is 2. The molecule has 3 N–H and O–H groups in total. The Hall–Kier alpha value is -4.20. The van der Waals surface area contributed by atoms with E-state index in [2.05, 4.69) is 26.0 Å². The molecule has 6 rings (SSSR count). The van der Waals surface area contributed by atoms with Gasteiger partial charge < -0.3 is 30.1 Å². The lowest BCUT2D eigenvalue weighted by Crippen LogP contribution is -2.56. The number of fused-ring (bicyclic) bond motifs is 2. The van der Waals surface area contributed by atoms with Crippen molar-refractivity contribution in [1.29, 1.82) is 0 Å². The van der Waals surface area contributed by atoms with Crippen LogP contribution in [0.2, 0.25) is 5.02 Å². The van der Waals surface area contributed by atoms with Crippen LogP contribution in [0.5, 0.6) is 5.75 Å². The van der Waals surface area contributed by atoms with Crippen LogP contribution in [0.15, 0.2) is 30.4 Å². The molecule has 3 fully saturated rings. The number of nitrogens with zero attached hydrogens (tertiary/aromatic N) is 5. The zero-order valence-corrected chi connectivity index (χ0v) is 28.8. The van der Waals surface area contributed by atoms with Crippen molar-refractivity contribution in [2.45, 2.75) is 108 Å². The molecule has 0 radical (unpaired) electrons. The summed E-state index contributed by atoms with van der Waals surface area (Å²) in [5.74, 6) is -1.07. The van der Waals surface area contributed by atoms with Crippen molar-refractivity contribution in [3.05, 3.63) is 35.4 Å². The number of carbonyl (C=O) groups is 4. The number of aliphatic carboxylic acids is 1. The van der Waals surface area contributed by atoms with Crippen LogP contribution < -0.4 is 15.4 Å². The maximum atomic E-state index is 14.2. The summed E-state index contributed by atoms with van der Waals surface area (Å²) in [7, 11) is 0. The molecule has 1 aromatic carbocycles. The molecule has 2 aliphatic heterocycles. The molecule has 5 atom stereocenters. The zero-order chi connectivity index (χ0) is 34.9. The number of alkyl carbamates (subject to hydrolysis) is 1. The molecule has 0 bridgehead atoms. The number of allylic oxidation sites excluding steroid dienone is 1. The van der Waals surface area contributed by atoms with Gasteiger partial charge in [-0.2, -0.15) is 4.80 Å². The number of nitrogens with one attached hydrogen (secondary N) is 2. The van der Waals surface area contributed by atoms with E-state index in [0.29, 0.717) is 47.5 Å². The number of carboxylic acids is 1. The molecule has 0 unspecified atom stereocenters. The minimum absolute atomic E-state index is 0.0390. The highest BCUT2D eigenvalue weighted by Gasteiger charge is 2.61. The number of benzene rings is 1. The molecule has 15 heteroatoms. The van der Waals surface area contributed by atoms with E-state index in [1.54, 1.807) is 39.0 Å². The number of carboxylic acid groups (broad SMARTS) is 1. The van der Waals surface area contributed by atoms with Crippen LogP contribution in [0, 0.1) is 11.8 Å². The molecule has 0 spiro atoms. The summed E-state index contributed by atoms with van der Waals surface area (Å²) in [6, 6.07) is 2.71. The third-order valence-electron chi connectivity index (χ3n) is 9.44. The van der Waals surface area contributed by atoms with Crippen molar-refractivity contribution in [3.8, 4) is 17.1 Å². The van der Waals surface area contributed by atoms with Gasteiger partial charge in [0.15, 0.2) is 0 Å². The van der Waals surface area contributed by atoms with Gasteiger partial charge in [0.2, 0.25) is 17.6 Å². The maximum Gasteiger partial charge on any atom is 0.408 e. The van der Waals surface area contributed by atoms with E-state index in [1.807, 2.05) is 12.2 Å². The summed E-state index contributed by atoms with van der Waals surface area (Å²) >= 11 is 6.49. The number of tetrazole rings is 1. The van der Waals surface area contributed by atoms with Crippen molar-refractivity contribution in [3.63, 3.8) is 0 Å². The molecule has 14 nitrogen and oxygen atoms in total. The van der Waals surface area contributed by atoms with Gasteiger partial charge in [-0.05, 0) is 88.6 Å². The molecule has 2 aromatic rings. The molecule has 1 saturated heterocycles. The second kappa shape index (κ2) is 14.0. The highest BCUT2D eigenvalue weighted by molar-refractivity contribution is 6.32. The first-order valence-electron chi connectivity index (χ1n) is 17.1. The molecule has 4 aliphatic rings. The zero-order valence-electron chi connectivity index (χ0n) is 28.1. The fourth-order valence-electron chi connectivity index (χ4n) is 6.44. The first-order valence-corrected chi connectivity index (χ1v) is 17.4. The number of amides is 3. The van der Waals surface area contributed by atoms with Gasteiger partial charge in [0, 0.05) is 24.4 Å². The number of halogens is 1. The second-order valence-electron chi connectivity index (χ2n) is 14.6. The van der Waals surface area contributed by atoms with Gasteiger partial charge in [0.25, 0.3) is 0 Å². The van der Waals surface area contributed by atoms with E-state index in [4.69, 9.17) is 21.1 Å². The van der Waals surface area contributed by atoms with E-state index < -0.39 is 53.1 Å². The predicted octanol–water partition coefficient (Wildman–Crippen LogP) is 4.30. The molecule has 2 aliphatic carbocycles. The quantitative estimate of drug-likeness (QED) is 0.354. The fourth-order valence-corrected chi connectivity index (χ4v) is 6.67. The Balaban J connectivity index is 1.25. The number of aromatic nitrogens is 4. The highest BCUT2D eigenvalue weighted by atomic mass is 35.5. The lowest BCUT2D eigenvalue weighted by Gasteiger charge is -2.30. The molecule has 3 heterocycles. The van der Waals surface area contributed by atoms with Crippen LogP contribution >= 0.6 is 11.6 Å². The van der Waals surface area contributed by atoms with E-state index in [9.17, 15) is 24.3 Å². The normalized spacial score (nSPS) is 28.3. The maximum absolute atomic E-state index is 14.2. The van der Waals surface area contributed by atoms with Gasteiger partial charge in [-0.15, -0.1) is 10.2 Å². The number of hydrogen-bond donors (Lipinski definition) is 3. The van der Waals surface area contributed by atoms with Gasteiger partial charge in [-0.1, -0.05) is 36.6 Å². The number of carbonyl (C=O) groups excluding carboxylic acids is 3. The lowest BCUT2D eigenvalue weighted by molar-refractivity contribution is -0.145. The minimum Gasteiger partial charge on any atom is -0.492 e. The minimum atomic E-state index is -1.44. The number of hydrogen-bond acceptors (Lipinski definition) is 9. The van der Waals surface area contributed by atoms with Crippen LogP contribution in [0.3, 0.4) is 0 Å². The molecule has 3 amide bonds. The molecular weight excluding hydrogens is 654 g/mol. The predicted molar refractivity (Wildman–Crippen MR) is 178 cm³/mol. The van der Waals surface area contributed by atoms with E-state index in [0.717, 1.165) is 32.1 Å². The summed E-state index contributed by atoms with van der Waals surface area (Å²) in [4.78, 5) is 56.2. The largest absolute Gasteiger partial charge is 0.492 e. The molecule has 264 valence electrons. The summed E-state index contributed by atoms with van der Waals surface area (Å²) < 4.78 is 11.3. The van der Waals surface area contributed by atoms with Crippen molar-refractivity contribution < 1.29 is 33.8 Å². The Morgan fingerprint density at radius 2 is 1.96 bits per heavy atom. The highest BCUT2D eigenvalue weighted by Crippen LogP contribution is 2.45. The van der Waals surface area contributed by atoms with Gasteiger partial charge in [0.1, 0.15) is 29.0 Å². The van der Waals surface area contributed by atoms with Crippen LogP contribution in [-0.2, 0) is 19.1 Å². The van der Waals surface area contributed by atoms with Crippen LogP contribution in [0.4, 0.5) is 4.79 Å². The van der Waals surface area contributed by atoms with E-state index in [-0.39, 0.29) is 25.3 Å². The van der Waals surface area contributed by atoms with Crippen LogP contribution in [0.1, 0.15) is 84.6 Å². The molecule has 49 heavy (non-hydrogen) atoms. The van der Waals surface area contributed by atoms with Crippen LogP contribution in [0.25, 0.3) is 11.4 Å². The Morgan fingerprint density at radius 3 is 2.67 bits per heavy atom. The van der Waals surface area contributed by atoms with Gasteiger partial charge in [0.05, 0.1) is 17.7 Å². The SMILES string of the molecule is CC(C)(C)OC(=O)N[C@H]1CCCCC/C=C\[C@@H]2C[C@@]2(C(=O)O)NC(=O)[C@@H]2C[C@@H](n3nnc(-c4ccc(OCC5CC5)c(Cl)c4)n3)CN2C1=O. The van der Waals surface area contributed by atoms with E-state index >= 15 is 0 Å². The summed E-state index contributed by atoms with van der Waals surface area (Å²) in [5.41, 5.74) is -1.60. The Kier molecular flexibility index (Phi) is 9.88. The van der Waals surface area contributed by atoms with Gasteiger partial charge in [-0.3, -0.25) is 9.59 Å². The Bertz CT molecular complexity index is 1620. The standard InChI is InChI=1S/C34H44ClN7O7/c1-33(2,3)49-32(47)36-25-10-8-6-4-5-7-9-22-17-34(22,31(45)46)37-29(43)26-16-23(18-41(26)30(25)44)42-39-28(38-40-42)21-13-14-27(24(35)15-21)48-19-20-11-12-20/h7,9,13-15,20,22-23,25-26H,4-6,8,10-12,16-19H2,1-3H3,(H,36,47)(H,37,43)(H,45,46)/b9-7-/t22-,23-,25+,26+,34-/m1/s1. The lowest BCUT2D eigenvalue weighted by atomic mass is 10.0. The summed E-state index contributed by atoms with van der Waals surface area (Å²) in [6.45, 7) is 5.86. The average Bonchev–Trinajstić information content (AvgIpc) is 3.87. The van der Waals surface area contributed by atoms with Crippen molar-refractivity contribution in [2.24, 2.45) is 11.8 Å². The molecule has 2 saturated carbocycles. The summed E-state index contributed by atoms with van der Waals surface area (Å²) in [5, 5.41) is 29.1. The topological polar surface area (TPSA) is 178 Å². The first kappa shape index (κ1) is 34.7. The third kappa shape index (κ3) is 8.17. The van der Waals surface area contributed by atoms with Crippen molar-refractivity contribution in [1.82, 2.24) is 35.7 Å². The third-order valence-corrected chi connectivity index (χ3v) is 9.74. The molecular formula is C34H44ClN7O7. The summed E-state index contributed by atoms with van der Waals surface area (Å²) in [6.07, 6.45) is 9.13. The van der Waals surface area contributed by atoms with Crippen LogP contribution in [-0.4, -0.2) is 90.5 Å². The fraction of sp³-hybridized carbons (Fsp3) is 0.618. The van der Waals surface area contributed by atoms with Crippen molar-refractivity contribution in [2.75, 3.05) is 13.2 Å². The van der Waals surface area contributed by atoms with Crippen molar-refractivity contribution >= 4 is 35.5 Å².